The van der Waals surface area contributed by atoms with Crippen LogP contribution in [-0.4, -0.2) is 20.6 Å². The zero-order valence-electron chi connectivity index (χ0n) is 16.0. The van der Waals surface area contributed by atoms with E-state index in [1.54, 1.807) is 24.3 Å². The molecule has 9 heteroatoms. The maximum Gasteiger partial charge on any atom is 1.00 e. The summed E-state index contributed by atoms with van der Waals surface area (Å²) in [5.74, 6) is -0.203. The van der Waals surface area contributed by atoms with Gasteiger partial charge in [-0.15, -0.1) is 0 Å². The molecule has 148 valence electrons. The summed E-state index contributed by atoms with van der Waals surface area (Å²) in [5.41, 5.74) is 1.70. The SMILES string of the molecule is O=C([N-]S(=O)(=O)c1ccc(Cl)cc1)C1Oc2ccccc2Cc2ccccc2O1.[K+]. The molecule has 0 atom stereocenters. The summed E-state index contributed by atoms with van der Waals surface area (Å²) < 4.78 is 39.8. The molecule has 3 aromatic rings. The van der Waals surface area contributed by atoms with Crippen molar-refractivity contribution in [3.05, 3.63) is 93.7 Å². The maximum atomic E-state index is 12.7. The number of para-hydroxylation sites is 2. The van der Waals surface area contributed by atoms with E-state index in [4.69, 9.17) is 21.1 Å². The van der Waals surface area contributed by atoms with Gasteiger partial charge in [-0.1, -0.05) is 48.0 Å². The number of halogens is 1. The minimum Gasteiger partial charge on any atom is -0.535 e. The van der Waals surface area contributed by atoms with Gasteiger partial charge in [-0.25, -0.2) is 8.42 Å². The van der Waals surface area contributed by atoms with Gasteiger partial charge >= 0.3 is 51.4 Å². The number of carbonyl (C=O) groups excluding carboxylic acids is 1. The minimum atomic E-state index is -4.24. The van der Waals surface area contributed by atoms with Crippen LogP contribution >= 0.6 is 11.6 Å². The van der Waals surface area contributed by atoms with Crippen molar-refractivity contribution in [2.24, 2.45) is 0 Å². The van der Waals surface area contributed by atoms with Gasteiger partial charge in [0.25, 0.3) is 6.29 Å². The largest absolute Gasteiger partial charge is 1.00 e. The average Bonchev–Trinajstić information content (AvgIpc) is 2.68. The quantitative estimate of drug-likeness (QED) is 0.542. The van der Waals surface area contributed by atoms with Crippen LogP contribution in [0.4, 0.5) is 0 Å². The van der Waals surface area contributed by atoms with Crippen LogP contribution in [0.5, 0.6) is 11.5 Å². The van der Waals surface area contributed by atoms with Crippen molar-refractivity contribution < 1.29 is 74.1 Å². The van der Waals surface area contributed by atoms with Crippen molar-refractivity contribution >= 4 is 27.5 Å². The number of carbonyl (C=O) groups is 1. The Hall–Kier alpha value is -1.39. The van der Waals surface area contributed by atoms with Gasteiger partial charge in [0.05, 0.1) is 4.90 Å². The molecule has 4 rings (SSSR count). The molecule has 3 aromatic carbocycles. The van der Waals surface area contributed by atoms with Crippen molar-refractivity contribution in [1.82, 2.24) is 0 Å². The van der Waals surface area contributed by atoms with Crippen LogP contribution in [0.15, 0.2) is 77.7 Å². The van der Waals surface area contributed by atoms with Gasteiger partial charge in [0.15, 0.2) is 0 Å². The normalized spacial score (nSPS) is 13.2. The van der Waals surface area contributed by atoms with Crippen molar-refractivity contribution in [3.63, 3.8) is 0 Å². The van der Waals surface area contributed by atoms with Gasteiger partial charge in [0.2, 0.25) is 0 Å². The molecule has 0 fully saturated rings. The van der Waals surface area contributed by atoms with E-state index < -0.39 is 22.2 Å². The molecule has 0 radical (unpaired) electrons. The van der Waals surface area contributed by atoms with Gasteiger partial charge in [0.1, 0.15) is 27.4 Å². The number of hydrogen-bond donors (Lipinski definition) is 0. The number of ether oxygens (including phenoxy) is 2. The van der Waals surface area contributed by atoms with Gasteiger partial charge in [-0.05, 0) is 47.5 Å². The van der Waals surface area contributed by atoms with Gasteiger partial charge < -0.3 is 19.0 Å². The molecule has 0 aromatic heterocycles. The van der Waals surface area contributed by atoms with Crippen molar-refractivity contribution in [1.29, 1.82) is 0 Å². The van der Waals surface area contributed by atoms with E-state index >= 15 is 0 Å². The molecule has 1 aliphatic rings. The molecule has 6 nitrogen and oxygen atoms in total. The Morgan fingerprint density at radius 1 is 0.867 bits per heavy atom. The molecule has 0 unspecified atom stereocenters. The smallest absolute Gasteiger partial charge is 0.535 e. The first-order valence-corrected chi connectivity index (χ1v) is 10.5. The first-order valence-electron chi connectivity index (χ1n) is 8.69. The third kappa shape index (κ3) is 5.26. The third-order valence-corrected chi connectivity index (χ3v) is 5.86. The van der Waals surface area contributed by atoms with Crippen LogP contribution in [-0.2, 0) is 21.2 Å². The van der Waals surface area contributed by atoms with Crippen molar-refractivity contribution in [2.45, 2.75) is 17.6 Å². The van der Waals surface area contributed by atoms with Gasteiger partial charge in [-0.3, -0.25) is 0 Å². The first-order chi connectivity index (χ1) is 13.9. The third-order valence-electron chi connectivity index (χ3n) is 4.32. The van der Waals surface area contributed by atoms with Crippen LogP contribution in [0.2, 0.25) is 5.02 Å². The van der Waals surface area contributed by atoms with E-state index in [-0.39, 0.29) is 56.3 Å². The van der Waals surface area contributed by atoms with Crippen LogP contribution in [0, 0.1) is 0 Å². The second-order valence-electron chi connectivity index (χ2n) is 6.32. The molecule has 0 spiro atoms. The second-order valence-corrected chi connectivity index (χ2v) is 8.36. The Morgan fingerprint density at radius 3 is 1.90 bits per heavy atom. The summed E-state index contributed by atoms with van der Waals surface area (Å²) in [6.45, 7) is 0. The monoisotopic (exact) mass is 467 g/mol. The molecule has 0 aliphatic carbocycles. The molecular weight excluding hydrogens is 453 g/mol. The Kier molecular flexibility index (Phi) is 7.62. The number of rotatable bonds is 3. The van der Waals surface area contributed by atoms with Crippen LogP contribution < -0.4 is 60.9 Å². The van der Waals surface area contributed by atoms with Crippen LogP contribution in [0.25, 0.3) is 4.72 Å². The van der Waals surface area contributed by atoms with E-state index in [0.29, 0.717) is 22.9 Å². The molecule has 0 saturated carbocycles. The van der Waals surface area contributed by atoms with Gasteiger partial charge in [0, 0.05) is 11.4 Å². The van der Waals surface area contributed by atoms with E-state index in [9.17, 15) is 13.2 Å². The second kappa shape index (κ2) is 9.82. The Morgan fingerprint density at radius 2 is 1.37 bits per heavy atom. The Balaban J connectivity index is 0.00000256. The zero-order valence-corrected chi connectivity index (χ0v) is 20.7. The Bertz CT molecular complexity index is 1120. The molecule has 0 saturated heterocycles. The topological polar surface area (TPSA) is 83.8 Å². The number of nitrogens with zero attached hydrogens (tertiary/aromatic N) is 1. The van der Waals surface area contributed by atoms with Gasteiger partial charge in [-0.2, -0.15) is 0 Å². The Labute approximate surface area is 222 Å². The summed E-state index contributed by atoms with van der Waals surface area (Å²) in [4.78, 5) is 12.6. The number of hydrogen-bond acceptors (Lipinski definition) is 5. The van der Waals surface area contributed by atoms with Crippen LogP contribution in [0.3, 0.4) is 0 Å². The van der Waals surface area contributed by atoms with E-state index in [1.165, 1.54) is 24.3 Å². The first kappa shape index (κ1) is 23.3. The number of fused-ring (bicyclic) bond motifs is 2. The predicted molar refractivity (Wildman–Crippen MR) is 108 cm³/mol. The minimum absolute atomic E-state index is 0. The molecule has 1 heterocycles. The summed E-state index contributed by atoms with van der Waals surface area (Å²) in [6, 6.07) is 19.7. The molecule has 0 bridgehead atoms. The van der Waals surface area contributed by atoms with Crippen molar-refractivity contribution in [2.75, 3.05) is 0 Å². The number of sulfonamides is 1. The van der Waals surface area contributed by atoms with E-state index in [1.807, 2.05) is 24.3 Å². The molecule has 1 aliphatic heterocycles. The summed E-state index contributed by atoms with van der Waals surface area (Å²) in [5, 5.41) is 0.371. The molecule has 1 amide bonds. The predicted octanol–water partition coefficient (Wildman–Crippen LogP) is 1.32. The van der Waals surface area contributed by atoms with Crippen molar-refractivity contribution in [3.8, 4) is 11.5 Å². The molecule has 0 N–H and O–H groups in total. The zero-order chi connectivity index (χ0) is 20.4. The van der Waals surface area contributed by atoms with Crippen LogP contribution in [0.1, 0.15) is 11.1 Å². The summed E-state index contributed by atoms with van der Waals surface area (Å²) >= 11 is 5.79. The molecular formula is C21H15ClKNO5S. The number of amides is 1. The fourth-order valence-electron chi connectivity index (χ4n) is 2.91. The fraction of sp³-hybridized carbons (Fsp3) is 0.0952. The molecule has 30 heavy (non-hydrogen) atoms. The standard InChI is InChI=1S/C21H16ClNO5S.K/c22-16-9-11-17(12-10-16)29(25,26)23-20(24)21-27-18-7-3-1-5-14(18)13-15-6-2-4-8-19(15)28-21;/h1-12,21H,13H2,(H,23,24);/q;+1/p-1. The number of benzene rings is 3. The fourth-order valence-corrected chi connectivity index (χ4v) is 3.95. The maximum absolute atomic E-state index is 12.7. The van der Waals surface area contributed by atoms with E-state index in [0.717, 1.165) is 11.1 Å². The summed E-state index contributed by atoms with van der Waals surface area (Å²) in [7, 11) is -4.24. The van der Waals surface area contributed by atoms with E-state index in [2.05, 4.69) is 4.72 Å². The summed E-state index contributed by atoms with van der Waals surface area (Å²) in [6.07, 6.45) is -0.993. The average molecular weight is 468 g/mol.